The minimum absolute atomic E-state index is 0. The molecule has 0 saturated heterocycles. The van der Waals surface area contributed by atoms with Crippen LogP contribution in [0.4, 0.5) is 0 Å². The molecule has 0 spiro atoms. The lowest BCUT2D eigenvalue weighted by Gasteiger charge is -1.95. The van der Waals surface area contributed by atoms with E-state index in [1.807, 2.05) is 18.3 Å². The van der Waals surface area contributed by atoms with E-state index in [4.69, 9.17) is 5.73 Å². The summed E-state index contributed by atoms with van der Waals surface area (Å²) in [6.45, 7) is 0. The van der Waals surface area contributed by atoms with Gasteiger partial charge in [-0.3, -0.25) is 0 Å². The molecule has 1 heterocycles. The summed E-state index contributed by atoms with van der Waals surface area (Å²) in [6, 6.07) is 7.45. The van der Waals surface area contributed by atoms with Crippen molar-refractivity contribution in [3.63, 3.8) is 0 Å². The summed E-state index contributed by atoms with van der Waals surface area (Å²) in [4.78, 5) is 5.67. The van der Waals surface area contributed by atoms with Crippen LogP contribution in [0.5, 0.6) is 5.75 Å². The van der Waals surface area contributed by atoms with E-state index in [-0.39, 0.29) is 18.2 Å². The van der Waals surface area contributed by atoms with Crippen LogP contribution in [0, 0.1) is 0 Å². The molecule has 17 heavy (non-hydrogen) atoms. The molecule has 0 aliphatic heterocycles. The van der Waals surface area contributed by atoms with Gasteiger partial charge in [0, 0.05) is 28.6 Å². The first-order valence-electron chi connectivity index (χ1n) is 5.25. The predicted molar refractivity (Wildman–Crippen MR) is 71.8 cm³/mol. The van der Waals surface area contributed by atoms with Gasteiger partial charge in [-0.15, -0.1) is 23.7 Å². The molecule has 90 valence electrons. The summed E-state index contributed by atoms with van der Waals surface area (Å²) in [5.74, 6) is 0.799. The average molecular weight is 269 g/mol. The third-order valence-corrected chi connectivity index (χ3v) is 4.02. The molecule has 1 aromatic heterocycles. The maximum Gasteiger partial charge on any atom is 0.123 e. The first kappa shape index (κ1) is 12.4. The van der Waals surface area contributed by atoms with Gasteiger partial charge in [-0.2, -0.15) is 0 Å². The molecule has 3 N–H and O–H groups in total. The van der Waals surface area contributed by atoms with E-state index in [1.54, 1.807) is 23.5 Å². The summed E-state index contributed by atoms with van der Waals surface area (Å²) in [5.41, 5.74) is 6.86. The summed E-state index contributed by atoms with van der Waals surface area (Å²) in [7, 11) is 0. The van der Waals surface area contributed by atoms with Gasteiger partial charge in [-0.25, -0.2) is 4.98 Å². The van der Waals surface area contributed by atoms with Crippen molar-refractivity contribution >= 4 is 23.7 Å². The average Bonchev–Trinajstić information content (AvgIpc) is 2.82. The van der Waals surface area contributed by atoms with Crippen LogP contribution in [0.2, 0.25) is 0 Å². The van der Waals surface area contributed by atoms with Gasteiger partial charge in [0.05, 0.1) is 0 Å². The minimum Gasteiger partial charge on any atom is -0.508 e. The molecule has 0 amide bonds. The van der Waals surface area contributed by atoms with Crippen LogP contribution in [0.25, 0.3) is 10.6 Å². The lowest BCUT2D eigenvalue weighted by atomic mass is 10.2. The van der Waals surface area contributed by atoms with Gasteiger partial charge < -0.3 is 10.8 Å². The molecule has 2 aromatic rings. The van der Waals surface area contributed by atoms with Crippen LogP contribution < -0.4 is 5.73 Å². The SMILES string of the molecule is Cl.NC1CC1c1cnc(-c2ccc(O)cc2)s1. The van der Waals surface area contributed by atoms with Crippen molar-refractivity contribution in [3.8, 4) is 16.3 Å². The number of phenolic OH excluding ortho intramolecular Hbond substituents is 1. The van der Waals surface area contributed by atoms with E-state index in [0.717, 1.165) is 17.0 Å². The molecule has 1 aliphatic rings. The molecule has 0 bridgehead atoms. The number of halogens is 1. The number of nitrogens with zero attached hydrogens (tertiary/aromatic N) is 1. The van der Waals surface area contributed by atoms with Crippen LogP contribution in [0.1, 0.15) is 17.2 Å². The van der Waals surface area contributed by atoms with Gasteiger partial charge in [0.1, 0.15) is 10.8 Å². The first-order valence-corrected chi connectivity index (χ1v) is 6.06. The number of nitrogens with two attached hydrogens (primary N) is 1. The van der Waals surface area contributed by atoms with Gasteiger partial charge in [0.25, 0.3) is 0 Å². The summed E-state index contributed by atoms with van der Waals surface area (Å²) < 4.78 is 0. The lowest BCUT2D eigenvalue weighted by molar-refractivity contribution is 0.475. The third-order valence-electron chi connectivity index (χ3n) is 2.84. The number of aromatic hydroxyl groups is 1. The standard InChI is InChI=1S/C12H12N2OS.ClH/c13-10-5-9(10)11-6-14-12(16-11)7-1-3-8(15)4-2-7;/h1-4,6,9-10,15H,5,13H2;1H. The third kappa shape index (κ3) is 2.44. The molecular formula is C12H13ClN2OS. The predicted octanol–water partition coefficient (Wildman–Crippen LogP) is 2.75. The Bertz CT molecular complexity index is 511. The van der Waals surface area contributed by atoms with Gasteiger partial charge in [0.2, 0.25) is 0 Å². The van der Waals surface area contributed by atoms with Gasteiger partial charge >= 0.3 is 0 Å². The van der Waals surface area contributed by atoms with Crippen LogP contribution in [0.15, 0.2) is 30.5 Å². The number of benzene rings is 1. The van der Waals surface area contributed by atoms with E-state index < -0.39 is 0 Å². The van der Waals surface area contributed by atoms with Crippen molar-refractivity contribution in [2.75, 3.05) is 0 Å². The van der Waals surface area contributed by atoms with Gasteiger partial charge in [0.15, 0.2) is 0 Å². The number of hydrogen-bond acceptors (Lipinski definition) is 4. The second-order valence-corrected chi connectivity index (χ2v) is 5.18. The van der Waals surface area contributed by atoms with Crippen molar-refractivity contribution < 1.29 is 5.11 Å². The summed E-state index contributed by atoms with van der Waals surface area (Å²) >= 11 is 1.69. The Labute approximate surface area is 110 Å². The van der Waals surface area contributed by atoms with E-state index in [9.17, 15) is 5.11 Å². The highest BCUT2D eigenvalue weighted by Gasteiger charge is 2.36. The van der Waals surface area contributed by atoms with Crippen molar-refractivity contribution in [1.29, 1.82) is 0 Å². The summed E-state index contributed by atoms with van der Waals surface area (Å²) in [5, 5.41) is 10.2. The summed E-state index contributed by atoms with van der Waals surface area (Å²) in [6.07, 6.45) is 3.00. The largest absolute Gasteiger partial charge is 0.508 e. The van der Waals surface area contributed by atoms with E-state index in [0.29, 0.717) is 12.0 Å². The number of rotatable bonds is 2. The van der Waals surface area contributed by atoms with Crippen molar-refractivity contribution in [1.82, 2.24) is 4.98 Å². The van der Waals surface area contributed by atoms with Crippen LogP contribution >= 0.6 is 23.7 Å². The zero-order valence-corrected chi connectivity index (χ0v) is 10.7. The highest BCUT2D eigenvalue weighted by molar-refractivity contribution is 7.15. The molecule has 0 radical (unpaired) electrons. The molecule has 1 aliphatic carbocycles. The highest BCUT2D eigenvalue weighted by atomic mass is 35.5. The van der Waals surface area contributed by atoms with Crippen molar-refractivity contribution in [2.45, 2.75) is 18.4 Å². The molecule has 2 atom stereocenters. The number of phenols is 1. The van der Waals surface area contributed by atoms with E-state index >= 15 is 0 Å². The molecule has 1 aromatic carbocycles. The topological polar surface area (TPSA) is 59.1 Å². The minimum atomic E-state index is 0. The number of hydrogen-bond donors (Lipinski definition) is 2. The van der Waals surface area contributed by atoms with E-state index in [1.165, 1.54) is 4.88 Å². The number of aromatic nitrogens is 1. The Morgan fingerprint density at radius 1 is 1.29 bits per heavy atom. The second-order valence-electron chi connectivity index (χ2n) is 4.12. The Morgan fingerprint density at radius 3 is 2.53 bits per heavy atom. The smallest absolute Gasteiger partial charge is 0.123 e. The lowest BCUT2D eigenvalue weighted by Crippen LogP contribution is -1.99. The highest BCUT2D eigenvalue weighted by Crippen LogP contribution is 2.43. The zero-order valence-electron chi connectivity index (χ0n) is 9.04. The monoisotopic (exact) mass is 268 g/mol. The molecule has 2 unspecified atom stereocenters. The van der Waals surface area contributed by atoms with Crippen LogP contribution in [-0.2, 0) is 0 Å². The Morgan fingerprint density at radius 2 is 1.94 bits per heavy atom. The van der Waals surface area contributed by atoms with Gasteiger partial charge in [-0.1, -0.05) is 0 Å². The quantitative estimate of drug-likeness (QED) is 0.880. The van der Waals surface area contributed by atoms with E-state index in [2.05, 4.69) is 4.98 Å². The van der Waals surface area contributed by atoms with Crippen molar-refractivity contribution in [2.24, 2.45) is 5.73 Å². The van der Waals surface area contributed by atoms with Crippen LogP contribution in [0.3, 0.4) is 0 Å². The fourth-order valence-corrected chi connectivity index (χ4v) is 2.85. The maximum atomic E-state index is 9.21. The Hall–Kier alpha value is -1.10. The molecule has 3 rings (SSSR count). The second kappa shape index (κ2) is 4.64. The molecule has 5 heteroatoms. The maximum absolute atomic E-state index is 9.21. The zero-order chi connectivity index (χ0) is 11.1. The normalized spacial score (nSPS) is 21.9. The fourth-order valence-electron chi connectivity index (χ4n) is 1.74. The molecular weight excluding hydrogens is 256 g/mol. The van der Waals surface area contributed by atoms with Gasteiger partial charge in [-0.05, 0) is 30.7 Å². The number of thiazole rings is 1. The molecule has 3 nitrogen and oxygen atoms in total. The van der Waals surface area contributed by atoms with Crippen LogP contribution in [-0.4, -0.2) is 16.1 Å². The molecule has 1 saturated carbocycles. The first-order chi connectivity index (χ1) is 7.74. The Balaban J connectivity index is 0.00000108. The Kier molecular flexibility index (Phi) is 3.38. The molecule has 1 fully saturated rings. The van der Waals surface area contributed by atoms with Crippen molar-refractivity contribution in [3.05, 3.63) is 35.3 Å². The fraction of sp³-hybridized carbons (Fsp3) is 0.250.